The largest absolute Gasteiger partial charge is 0.383 e. The van der Waals surface area contributed by atoms with Crippen molar-refractivity contribution in [3.05, 3.63) is 71.6 Å². The number of fused-ring (bicyclic) bond motifs is 1. The molecule has 2 aromatic heterocycles. The van der Waals surface area contributed by atoms with Gasteiger partial charge < -0.3 is 11.1 Å². The fourth-order valence-corrected chi connectivity index (χ4v) is 3.94. The van der Waals surface area contributed by atoms with Crippen LogP contribution in [-0.4, -0.2) is 38.6 Å². The Morgan fingerprint density at radius 3 is 2.71 bits per heavy atom. The Labute approximate surface area is 175 Å². The number of hydrogen-bond donors (Lipinski definition) is 2. The second-order valence-electron chi connectivity index (χ2n) is 7.40. The van der Waals surface area contributed by atoms with Crippen LogP contribution in [0.3, 0.4) is 0 Å². The molecule has 9 heteroatoms. The summed E-state index contributed by atoms with van der Waals surface area (Å²) >= 11 is 0. The Hall–Kier alpha value is -3.72. The van der Waals surface area contributed by atoms with Gasteiger partial charge in [-0.1, -0.05) is 18.2 Å². The first-order valence-electron chi connectivity index (χ1n) is 9.83. The molecule has 2 aromatic carbocycles. The van der Waals surface area contributed by atoms with E-state index in [0.29, 0.717) is 16.7 Å². The van der Waals surface area contributed by atoms with Gasteiger partial charge in [0, 0.05) is 17.7 Å². The Kier molecular flexibility index (Phi) is 4.67. The van der Waals surface area contributed by atoms with Gasteiger partial charge in [-0.3, -0.25) is 4.79 Å². The van der Waals surface area contributed by atoms with Crippen LogP contribution < -0.4 is 11.1 Å². The van der Waals surface area contributed by atoms with Gasteiger partial charge in [0.15, 0.2) is 11.4 Å². The number of nitrogens with one attached hydrogen (secondary N) is 1. The van der Waals surface area contributed by atoms with Crippen LogP contribution in [0.15, 0.2) is 48.8 Å². The van der Waals surface area contributed by atoms with E-state index in [4.69, 9.17) is 5.73 Å². The third-order valence-corrected chi connectivity index (χ3v) is 5.50. The molecule has 31 heavy (non-hydrogen) atoms. The summed E-state index contributed by atoms with van der Waals surface area (Å²) in [6, 6.07) is 9.67. The van der Waals surface area contributed by atoms with Crippen LogP contribution in [0.5, 0.6) is 0 Å². The second-order valence-corrected chi connectivity index (χ2v) is 7.40. The van der Waals surface area contributed by atoms with Crippen LogP contribution in [0.4, 0.5) is 14.6 Å². The molecular formula is C22H18F2N6O. The Morgan fingerprint density at radius 1 is 1.13 bits per heavy atom. The number of benzene rings is 2. The van der Waals surface area contributed by atoms with E-state index in [1.165, 1.54) is 36.7 Å². The average molecular weight is 420 g/mol. The minimum Gasteiger partial charge on any atom is -0.383 e. The predicted molar refractivity (Wildman–Crippen MR) is 111 cm³/mol. The van der Waals surface area contributed by atoms with Crippen molar-refractivity contribution in [3.63, 3.8) is 0 Å². The molecule has 1 saturated heterocycles. The van der Waals surface area contributed by atoms with E-state index in [1.807, 2.05) is 0 Å². The number of nitrogens with two attached hydrogens (primary N) is 1. The Bertz CT molecular complexity index is 1310. The third-order valence-electron chi connectivity index (χ3n) is 5.50. The molecule has 0 bridgehead atoms. The number of halogens is 2. The highest BCUT2D eigenvalue weighted by atomic mass is 19.1. The summed E-state index contributed by atoms with van der Waals surface area (Å²) in [7, 11) is 0. The van der Waals surface area contributed by atoms with Crippen LogP contribution >= 0.6 is 0 Å². The van der Waals surface area contributed by atoms with E-state index >= 15 is 4.39 Å². The molecule has 3 N–H and O–H groups in total. The van der Waals surface area contributed by atoms with E-state index in [9.17, 15) is 9.18 Å². The molecular weight excluding hydrogens is 402 g/mol. The summed E-state index contributed by atoms with van der Waals surface area (Å²) in [5.74, 6) is -1.72. The maximum absolute atomic E-state index is 15.2. The zero-order valence-electron chi connectivity index (χ0n) is 16.3. The molecule has 5 rings (SSSR count). The fourth-order valence-electron chi connectivity index (χ4n) is 3.94. The van der Waals surface area contributed by atoms with E-state index in [2.05, 4.69) is 20.4 Å². The lowest BCUT2D eigenvalue weighted by atomic mass is 10.00. The Balaban J connectivity index is 1.61. The van der Waals surface area contributed by atoms with Crippen molar-refractivity contribution in [3.8, 4) is 11.3 Å². The highest BCUT2D eigenvalue weighted by Gasteiger charge is 2.26. The van der Waals surface area contributed by atoms with Crippen LogP contribution in [0.25, 0.3) is 22.3 Å². The smallest absolute Gasteiger partial charge is 0.196 e. The molecule has 4 aromatic rings. The van der Waals surface area contributed by atoms with Gasteiger partial charge in [-0.2, -0.15) is 5.10 Å². The normalized spacial score (nSPS) is 16.1. The lowest BCUT2D eigenvalue weighted by Crippen LogP contribution is -2.15. The molecule has 0 amide bonds. The molecule has 1 aliphatic rings. The van der Waals surface area contributed by atoms with Gasteiger partial charge in [0.2, 0.25) is 0 Å². The molecule has 1 atom stereocenters. The molecule has 156 valence electrons. The average Bonchev–Trinajstić information content (AvgIpc) is 3.42. The zero-order chi connectivity index (χ0) is 21.5. The second kappa shape index (κ2) is 7.51. The van der Waals surface area contributed by atoms with Crippen molar-refractivity contribution in [1.82, 2.24) is 25.1 Å². The van der Waals surface area contributed by atoms with Gasteiger partial charge in [0.25, 0.3) is 0 Å². The van der Waals surface area contributed by atoms with Crippen molar-refractivity contribution in [2.75, 3.05) is 18.8 Å². The zero-order valence-corrected chi connectivity index (χ0v) is 16.3. The summed E-state index contributed by atoms with van der Waals surface area (Å²) in [6.45, 7) is 1.57. The van der Waals surface area contributed by atoms with Crippen molar-refractivity contribution >= 4 is 22.6 Å². The number of nitrogen functional groups attached to an aromatic ring is 1. The van der Waals surface area contributed by atoms with E-state index < -0.39 is 17.4 Å². The van der Waals surface area contributed by atoms with Crippen LogP contribution in [0, 0.1) is 11.6 Å². The number of aromatic nitrogens is 4. The van der Waals surface area contributed by atoms with E-state index in [0.717, 1.165) is 25.6 Å². The minimum absolute atomic E-state index is 0.0410. The quantitative estimate of drug-likeness (QED) is 0.492. The third kappa shape index (κ3) is 3.23. The first-order valence-corrected chi connectivity index (χ1v) is 9.83. The highest BCUT2D eigenvalue weighted by Crippen LogP contribution is 2.34. The summed E-state index contributed by atoms with van der Waals surface area (Å²) in [4.78, 5) is 21.0. The first kappa shape index (κ1) is 19.3. The fraction of sp³-hybridized carbons (Fsp3) is 0.182. The lowest BCUT2D eigenvalue weighted by molar-refractivity contribution is 0.103. The van der Waals surface area contributed by atoms with Crippen LogP contribution in [-0.2, 0) is 0 Å². The summed E-state index contributed by atoms with van der Waals surface area (Å²) in [6.07, 6.45) is 2.22. The van der Waals surface area contributed by atoms with Gasteiger partial charge in [0.05, 0.1) is 17.0 Å². The standard InChI is InChI=1S/C22H18F2N6O/c23-16-4-2-1-3-15(16)20(31)12-5-6-14(17(24)9-12)19-18-21(25)27-11-28-22(18)30(29-19)13-7-8-26-10-13/h1-6,9,11,13,26H,7-8,10H2,(H2,25,27,28)/t13-/m1/s1. The van der Waals surface area contributed by atoms with Crippen LogP contribution in [0.1, 0.15) is 28.4 Å². The number of anilines is 1. The predicted octanol–water partition coefficient (Wildman–Crippen LogP) is 3.12. The number of hydrogen-bond acceptors (Lipinski definition) is 6. The molecule has 1 aliphatic heterocycles. The maximum atomic E-state index is 15.2. The summed E-state index contributed by atoms with van der Waals surface area (Å²) in [5.41, 5.74) is 7.02. The summed E-state index contributed by atoms with van der Waals surface area (Å²) in [5, 5.41) is 8.35. The van der Waals surface area contributed by atoms with Crippen molar-refractivity contribution in [1.29, 1.82) is 0 Å². The van der Waals surface area contributed by atoms with Crippen molar-refractivity contribution in [2.24, 2.45) is 0 Å². The molecule has 7 nitrogen and oxygen atoms in total. The van der Waals surface area contributed by atoms with Gasteiger partial charge in [-0.15, -0.1) is 0 Å². The Morgan fingerprint density at radius 2 is 1.97 bits per heavy atom. The molecule has 0 aliphatic carbocycles. The first-order chi connectivity index (χ1) is 15.0. The lowest BCUT2D eigenvalue weighted by Gasteiger charge is -2.09. The van der Waals surface area contributed by atoms with Gasteiger partial charge in [-0.25, -0.2) is 23.4 Å². The number of nitrogens with zero attached hydrogens (tertiary/aromatic N) is 4. The monoisotopic (exact) mass is 420 g/mol. The summed E-state index contributed by atoms with van der Waals surface area (Å²) < 4.78 is 30.9. The number of carbonyl (C=O) groups excluding carboxylic acids is 1. The van der Waals surface area contributed by atoms with E-state index in [-0.39, 0.29) is 28.6 Å². The molecule has 0 unspecified atom stereocenters. The number of carbonyl (C=O) groups is 1. The van der Waals surface area contributed by atoms with Crippen LogP contribution in [0.2, 0.25) is 0 Å². The number of ketones is 1. The number of rotatable bonds is 4. The SMILES string of the molecule is Nc1ncnc2c1c(-c1ccc(C(=O)c3ccccc3F)cc1F)nn2[C@@H]1CCNC1. The van der Waals surface area contributed by atoms with Gasteiger partial charge >= 0.3 is 0 Å². The van der Waals surface area contributed by atoms with Gasteiger partial charge in [-0.05, 0) is 37.2 Å². The molecule has 0 radical (unpaired) electrons. The maximum Gasteiger partial charge on any atom is 0.196 e. The van der Waals surface area contributed by atoms with E-state index in [1.54, 1.807) is 10.7 Å². The van der Waals surface area contributed by atoms with Crippen molar-refractivity contribution < 1.29 is 13.6 Å². The topological polar surface area (TPSA) is 98.7 Å². The molecule has 3 heterocycles. The van der Waals surface area contributed by atoms with Gasteiger partial charge in [0.1, 0.15) is 29.5 Å². The molecule has 0 saturated carbocycles. The molecule has 0 spiro atoms. The highest BCUT2D eigenvalue weighted by molar-refractivity contribution is 6.09. The van der Waals surface area contributed by atoms with Crippen molar-refractivity contribution in [2.45, 2.75) is 12.5 Å². The molecule has 1 fully saturated rings. The minimum atomic E-state index is -0.665.